The fraction of sp³-hybridized carbons (Fsp3) is 0.278. The molecule has 0 bridgehead atoms. The first-order chi connectivity index (χ1) is 23.8. The molecule has 2 amide bonds. The van der Waals surface area contributed by atoms with Gasteiger partial charge in [-0.2, -0.15) is 0 Å². The number of amides is 2. The molecule has 2 unspecified atom stereocenters. The lowest BCUT2D eigenvalue weighted by molar-refractivity contribution is -0.385. The molecule has 0 aliphatic rings. The zero-order valence-corrected chi connectivity index (χ0v) is 30.3. The summed E-state index contributed by atoms with van der Waals surface area (Å²) in [6.07, 6.45) is 0.719. The first-order valence-electron chi connectivity index (χ1n) is 15.7. The van der Waals surface area contributed by atoms with Crippen LogP contribution in [0.1, 0.15) is 37.0 Å². The molecule has 4 rings (SSSR count). The Bertz CT molecular complexity index is 1920. The van der Waals surface area contributed by atoms with E-state index in [1.165, 1.54) is 55.3 Å². The van der Waals surface area contributed by atoms with Gasteiger partial charge in [-0.3, -0.25) is 24.0 Å². The third kappa shape index (κ3) is 9.12. The van der Waals surface area contributed by atoms with Crippen molar-refractivity contribution in [1.82, 2.24) is 10.2 Å². The van der Waals surface area contributed by atoms with Crippen LogP contribution in [0.5, 0.6) is 5.75 Å². The second-order valence-corrected chi connectivity index (χ2v) is 14.3. The Hall–Kier alpha value is -4.65. The molecule has 264 valence electrons. The predicted molar refractivity (Wildman–Crippen MR) is 194 cm³/mol. The monoisotopic (exact) mass is 740 g/mol. The van der Waals surface area contributed by atoms with Crippen LogP contribution in [0.4, 0.5) is 11.4 Å². The maximum Gasteiger partial charge on any atom is 0.273 e. The molecule has 1 N–H and O–H groups in total. The van der Waals surface area contributed by atoms with Crippen molar-refractivity contribution in [1.29, 1.82) is 0 Å². The number of carbonyl (C=O) groups is 2. The van der Waals surface area contributed by atoms with Crippen LogP contribution in [0.3, 0.4) is 0 Å². The Labute approximate surface area is 302 Å². The molecule has 0 heterocycles. The van der Waals surface area contributed by atoms with Crippen molar-refractivity contribution in [3.63, 3.8) is 0 Å². The number of nitrogens with zero attached hydrogens (tertiary/aromatic N) is 3. The summed E-state index contributed by atoms with van der Waals surface area (Å²) in [4.78, 5) is 40.7. The van der Waals surface area contributed by atoms with E-state index in [2.05, 4.69) is 5.32 Å². The summed E-state index contributed by atoms with van der Waals surface area (Å²) in [5, 5.41) is 15.2. The average Bonchev–Trinajstić information content (AvgIpc) is 3.10. The topological polar surface area (TPSA) is 139 Å². The summed E-state index contributed by atoms with van der Waals surface area (Å²) in [6, 6.07) is 22.1. The van der Waals surface area contributed by atoms with Gasteiger partial charge in [-0.15, -0.1) is 0 Å². The van der Waals surface area contributed by atoms with Crippen LogP contribution in [0.2, 0.25) is 10.0 Å². The molecule has 0 aliphatic heterocycles. The van der Waals surface area contributed by atoms with Gasteiger partial charge in [0.05, 0.1) is 22.6 Å². The Morgan fingerprint density at radius 3 is 2.18 bits per heavy atom. The zero-order chi connectivity index (χ0) is 36.6. The quantitative estimate of drug-likeness (QED) is 0.103. The number of nitro benzene ring substituents is 1. The number of nitrogens with one attached hydrogen (secondary N) is 1. The number of anilines is 1. The van der Waals surface area contributed by atoms with Gasteiger partial charge in [0.15, 0.2) is 0 Å². The van der Waals surface area contributed by atoms with Crippen molar-refractivity contribution in [3.8, 4) is 5.75 Å². The number of rotatable bonds is 15. The summed E-state index contributed by atoms with van der Waals surface area (Å²) in [6.45, 7) is 4.24. The Morgan fingerprint density at radius 2 is 1.60 bits per heavy atom. The van der Waals surface area contributed by atoms with E-state index in [1.54, 1.807) is 18.2 Å². The maximum absolute atomic E-state index is 14.7. The minimum atomic E-state index is -4.60. The molecule has 11 nitrogen and oxygen atoms in total. The van der Waals surface area contributed by atoms with Crippen molar-refractivity contribution >= 4 is 56.4 Å². The highest BCUT2D eigenvalue weighted by molar-refractivity contribution is 7.92. The molecule has 4 aromatic rings. The maximum atomic E-state index is 14.7. The van der Waals surface area contributed by atoms with E-state index in [4.69, 9.17) is 27.9 Å². The normalized spacial score (nSPS) is 12.4. The minimum absolute atomic E-state index is 0.0850. The molecular formula is C36H38Cl2N4O7S. The summed E-state index contributed by atoms with van der Waals surface area (Å²) < 4.78 is 34.8. The SMILES string of the molecule is CCC(C)NC(=O)C(Cc1ccccc1)N(Cc1c(Cl)cccc1Cl)C(=O)CN(c1ccc(OC)cc1)S(=O)(=O)c1ccc(C)c([N+](=O)[O-])c1. The van der Waals surface area contributed by atoms with Crippen LogP contribution >= 0.6 is 23.2 Å². The highest BCUT2D eigenvalue weighted by Gasteiger charge is 2.36. The van der Waals surface area contributed by atoms with E-state index in [-0.39, 0.29) is 40.3 Å². The smallest absolute Gasteiger partial charge is 0.273 e. The number of benzene rings is 4. The third-order valence-corrected chi connectivity index (χ3v) is 10.7. The number of carbonyl (C=O) groups excluding carboxylic acids is 2. The Balaban J connectivity index is 1.88. The molecule has 14 heteroatoms. The van der Waals surface area contributed by atoms with E-state index >= 15 is 0 Å². The molecule has 2 atom stereocenters. The molecular weight excluding hydrogens is 703 g/mol. The number of ether oxygens (including phenoxy) is 1. The molecule has 0 radical (unpaired) electrons. The fourth-order valence-corrected chi connectivity index (χ4v) is 7.15. The van der Waals surface area contributed by atoms with Crippen LogP contribution in [0.25, 0.3) is 0 Å². The number of nitro groups is 1. The van der Waals surface area contributed by atoms with Crippen molar-refractivity contribution in [3.05, 3.63) is 128 Å². The fourth-order valence-electron chi connectivity index (χ4n) is 5.20. The van der Waals surface area contributed by atoms with Gasteiger partial charge in [0.2, 0.25) is 11.8 Å². The second kappa shape index (κ2) is 16.8. The molecule has 0 spiro atoms. The van der Waals surface area contributed by atoms with E-state index in [0.717, 1.165) is 15.9 Å². The summed E-state index contributed by atoms with van der Waals surface area (Å²) in [7, 11) is -3.15. The molecule has 0 aromatic heterocycles. The van der Waals surface area contributed by atoms with E-state index < -0.39 is 49.9 Å². The van der Waals surface area contributed by atoms with Gasteiger partial charge in [-0.1, -0.05) is 72.6 Å². The number of methoxy groups -OCH3 is 1. The number of halogens is 2. The van der Waals surface area contributed by atoms with Crippen molar-refractivity contribution < 1.29 is 27.7 Å². The molecule has 4 aromatic carbocycles. The third-order valence-electron chi connectivity index (χ3n) is 8.27. The summed E-state index contributed by atoms with van der Waals surface area (Å²) in [5.74, 6) is -0.766. The van der Waals surface area contributed by atoms with E-state index in [9.17, 15) is 28.1 Å². The minimum Gasteiger partial charge on any atom is -0.497 e. The highest BCUT2D eigenvalue weighted by Crippen LogP contribution is 2.31. The number of sulfonamides is 1. The van der Waals surface area contributed by atoms with Gasteiger partial charge in [0, 0.05) is 46.2 Å². The lowest BCUT2D eigenvalue weighted by atomic mass is 10.0. The van der Waals surface area contributed by atoms with Gasteiger partial charge in [0.25, 0.3) is 15.7 Å². The van der Waals surface area contributed by atoms with Crippen LogP contribution < -0.4 is 14.4 Å². The second-order valence-electron chi connectivity index (χ2n) is 11.7. The van der Waals surface area contributed by atoms with Gasteiger partial charge >= 0.3 is 0 Å². The molecule has 0 aliphatic carbocycles. The van der Waals surface area contributed by atoms with E-state index in [1.807, 2.05) is 44.2 Å². The largest absolute Gasteiger partial charge is 0.497 e. The zero-order valence-electron chi connectivity index (χ0n) is 28.0. The summed E-state index contributed by atoms with van der Waals surface area (Å²) >= 11 is 13.1. The van der Waals surface area contributed by atoms with Gasteiger partial charge < -0.3 is 15.0 Å². The first-order valence-corrected chi connectivity index (χ1v) is 17.9. The van der Waals surface area contributed by atoms with Crippen LogP contribution in [0, 0.1) is 17.0 Å². The lowest BCUT2D eigenvalue weighted by Gasteiger charge is -2.34. The van der Waals surface area contributed by atoms with Crippen molar-refractivity contribution in [2.75, 3.05) is 18.0 Å². The van der Waals surface area contributed by atoms with Crippen LogP contribution in [-0.2, 0) is 32.6 Å². The number of hydrogen-bond acceptors (Lipinski definition) is 7. The Morgan fingerprint density at radius 1 is 0.960 bits per heavy atom. The summed E-state index contributed by atoms with van der Waals surface area (Å²) in [5.41, 5.74) is 1.08. The van der Waals surface area contributed by atoms with Crippen LogP contribution in [0.15, 0.2) is 95.9 Å². The highest BCUT2D eigenvalue weighted by atomic mass is 35.5. The van der Waals surface area contributed by atoms with Gasteiger partial charge in [0.1, 0.15) is 18.3 Å². The number of aryl methyl sites for hydroxylation is 1. The Kier molecular flexibility index (Phi) is 12.9. The van der Waals surface area contributed by atoms with E-state index in [0.29, 0.717) is 17.7 Å². The van der Waals surface area contributed by atoms with Crippen molar-refractivity contribution in [2.45, 2.75) is 57.1 Å². The van der Waals surface area contributed by atoms with Crippen LogP contribution in [-0.4, -0.2) is 55.8 Å². The average molecular weight is 742 g/mol. The predicted octanol–water partition coefficient (Wildman–Crippen LogP) is 6.97. The first kappa shape index (κ1) is 38.2. The molecule has 50 heavy (non-hydrogen) atoms. The van der Waals surface area contributed by atoms with Gasteiger partial charge in [-0.25, -0.2) is 8.42 Å². The standard InChI is InChI=1S/C36H38Cl2N4O7S/c1-5-25(3)39-36(44)34(20-26-10-7-6-8-11-26)40(22-30-31(37)12-9-13-32(30)38)35(43)23-41(27-15-17-28(49-4)18-16-27)50(47,48)29-19-14-24(2)33(21-29)42(45)46/h6-19,21,25,34H,5,20,22-23H2,1-4H3,(H,39,44). The molecule has 0 saturated heterocycles. The lowest BCUT2D eigenvalue weighted by Crippen LogP contribution is -2.54. The van der Waals surface area contributed by atoms with Crippen molar-refractivity contribution in [2.24, 2.45) is 0 Å². The molecule has 0 saturated carbocycles. The van der Waals surface area contributed by atoms with Gasteiger partial charge in [-0.05, 0) is 68.3 Å². The molecule has 0 fully saturated rings. The number of hydrogen-bond donors (Lipinski definition) is 1.